The average molecular weight is 328 g/mol. The highest BCUT2D eigenvalue weighted by Gasteiger charge is 2.35. The number of alkyl halides is 4. The van der Waals surface area contributed by atoms with Gasteiger partial charge >= 0.3 is 6.18 Å². The maximum absolute atomic E-state index is 12.9. The van der Waals surface area contributed by atoms with Crippen LogP contribution in [0.25, 0.3) is 0 Å². The van der Waals surface area contributed by atoms with Crippen molar-refractivity contribution >= 4 is 28.9 Å². The summed E-state index contributed by atoms with van der Waals surface area (Å²) in [5.41, 5.74) is -0.472. The normalized spacial score (nSPS) is 13.2. The molecule has 0 bridgehead atoms. The molecule has 1 heterocycles. The van der Waals surface area contributed by atoms with Gasteiger partial charge in [0.1, 0.15) is 5.88 Å². The smallest absolute Gasteiger partial charge is 0.416 e. The number of carbonyl (C=O) groups is 1. The molecule has 0 aromatic heterocycles. The summed E-state index contributed by atoms with van der Waals surface area (Å²) in [6, 6.07) is 9.58. The lowest BCUT2D eigenvalue weighted by Gasteiger charge is -2.31. The van der Waals surface area contributed by atoms with Crippen molar-refractivity contribution in [3.8, 4) is 11.5 Å². The van der Waals surface area contributed by atoms with E-state index in [1.807, 2.05) is 0 Å². The first-order valence-corrected chi connectivity index (χ1v) is 6.82. The number of ether oxygens (including phenoxy) is 1. The van der Waals surface area contributed by atoms with E-state index in [9.17, 15) is 18.0 Å². The molecule has 1 aliphatic heterocycles. The maximum atomic E-state index is 12.9. The fraction of sp³-hybridized carbons (Fsp3) is 0.133. The molecule has 0 fully saturated rings. The molecule has 0 spiro atoms. The molecule has 3 rings (SSSR count). The molecule has 7 heteroatoms. The van der Waals surface area contributed by atoms with Gasteiger partial charge in [0, 0.05) is 0 Å². The monoisotopic (exact) mass is 327 g/mol. The van der Waals surface area contributed by atoms with Gasteiger partial charge in [-0.2, -0.15) is 13.2 Å². The van der Waals surface area contributed by atoms with E-state index in [2.05, 4.69) is 0 Å². The van der Waals surface area contributed by atoms with E-state index >= 15 is 0 Å². The number of halogens is 4. The number of nitrogens with zero attached hydrogens (tertiary/aromatic N) is 1. The summed E-state index contributed by atoms with van der Waals surface area (Å²) in [4.78, 5) is 13.3. The molecule has 0 saturated carbocycles. The SMILES string of the molecule is O=C(CCl)N1c2ccccc2Oc2ccc(C(F)(F)F)cc21. The molecular formula is C15H9ClF3NO2. The number of anilines is 2. The fourth-order valence-corrected chi connectivity index (χ4v) is 2.38. The van der Waals surface area contributed by atoms with Crippen LogP contribution in [0.3, 0.4) is 0 Å². The predicted octanol–water partition coefficient (Wildman–Crippen LogP) is 4.71. The lowest BCUT2D eigenvalue weighted by atomic mass is 10.1. The Balaban J connectivity index is 2.19. The maximum Gasteiger partial charge on any atom is 0.416 e. The van der Waals surface area contributed by atoms with Crippen molar-refractivity contribution in [3.05, 3.63) is 48.0 Å². The molecule has 0 unspecified atom stereocenters. The van der Waals surface area contributed by atoms with Crippen LogP contribution in [0.2, 0.25) is 0 Å². The highest BCUT2D eigenvalue weighted by molar-refractivity contribution is 6.30. The molecule has 0 aliphatic carbocycles. The van der Waals surface area contributed by atoms with Crippen molar-refractivity contribution in [2.24, 2.45) is 0 Å². The van der Waals surface area contributed by atoms with Crippen molar-refractivity contribution in [1.82, 2.24) is 0 Å². The molecule has 0 radical (unpaired) electrons. The highest BCUT2D eigenvalue weighted by atomic mass is 35.5. The van der Waals surface area contributed by atoms with E-state index in [0.29, 0.717) is 11.4 Å². The zero-order chi connectivity index (χ0) is 15.9. The molecular weight excluding hydrogens is 319 g/mol. The summed E-state index contributed by atoms with van der Waals surface area (Å²) in [5.74, 6) is -0.333. The Bertz CT molecular complexity index is 746. The summed E-state index contributed by atoms with van der Waals surface area (Å²) in [5, 5.41) is 0. The van der Waals surface area contributed by atoms with Gasteiger partial charge in [-0.3, -0.25) is 9.69 Å². The van der Waals surface area contributed by atoms with Crippen LogP contribution in [0.5, 0.6) is 11.5 Å². The van der Waals surface area contributed by atoms with E-state index in [4.69, 9.17) is 16.3 Å². The molecule has 0 atom stereocenters. The van der Waals surface area contributed by atoms with Crippen LogP contribution in [-0.2, 0) is 11.0 Å². The van der Waals surface area contributed by atoms with Gasteiger partial charge in [-0.05, 0) is 30.3 Å². The molecule has 1 aliphatic rings. The van der Waals surface area contributed by atoms with Crippen molar-refractivity contribution in [1.29, 1.82) is 0 Å². The highest BCUT2D eigenvalue weighted by Crippen LogP contribution is 2.48. The minimum absolute atomic E-state index is 0.0270. The van der Waals surface area contributed by atoms with Gasteiger partial charge in [-0.25, -0.2) is 0 Å². The predicted molar refractivity (Wildman–Crippen MR) is 75.8 cm³/mol. The Morgan fingerprint density at radius 2 is 1.77 bits per heavy atom. The second kappa shape index (κ2) is 5.21. The number of amides is 1. The fourth-order valence-electron chi connectivity index (χ4n) is 2.26. The molecule has 22 heavy (non-hydrogen) atoms. The Labute approximate surface area is 128 Å². The Kier molecular flexibility index (Phi) is 3.48. The van der Waals surface area contributed by atoms with Gasteiger partial charge in [-0.1, -0.05) is 12.1 Å². The van der Waals surface area contributed by atoms with E-state index < -0.39 is 17.6 Å². The van der Waals surface area contributed by atoms with Crippen molar-refractivity contribution < 1.29 is 22.7 Å². The largest absolute Gasteiger partial charge is 0.453 e. The van der Waals surface area contributed by atoms with Crippen LogP contribution < -0.4 is 9.64 Å². The molecule has 0 N–H and O–H groups in total. The van der Waals surface area contributed by atoms with Gasteiger partial charge in [0.2, 0.25) is 5.91 Å². The second-order valence-electron chi connectivity index (χ2n) is 4.61. The molecule has 2 aromatic rings. The van der Waals surface area contributed by atoms with Crippen LogP contribution in [-0.4, -0.2) is 11.8 Å². The van der Waals surface area contributed by atoms with Gasteiger partial charge < -0.3 is 4.74 Å². The van der Waals surface area contributed by atoms with E-state index in [1.165, 1.54) is 6.07 Å². The standard InChI is InChI=1S/C15H9ClF3NO2/c16-8-14(21)20-10-3-1-2-4-12(10)22-13-6-5-9(7-11(13)20)15(17,18)19/h1-7H,8H2. The molecule has 3 nitrogen and oxygen atoms in total. The zero-order valence-electron chi connectivity index (χ0n) is 11.0. The second-order valence-corrected chi connectivity index (χ2v) is 4.88. The Morgan fingerprint density at radius 1 is 1.09 bits per heavy atom. The summed E-state index contributed by atoms with van der Waals surface area (Å²) >= 11 is 5.59. The van der Waals surface area contributed by atoms with E-state index in [0.717, 1.165) is 17.0 Å². The number of para-hydroxylation sites is 2. The summed E-state index contributed by atoms with van der Waals surface area (Å²) in [6.45, 7) is 0. The first kappa shape index (κ1) is 14.7. The van der Waals surface area contributed by atoms with Crippen LogP contribution in [0, 0.1) is 0 Å². The number of carbonyl (C=O) groups excluding carboxylic acids is 1. The molecule has 114 valence electrons. The number of benzene rings is 2. The van der Waals surface area contributed by atoms with Crippen LogP contribution in [0.4, 0.5) is 24.5 Å². The van der Waals surface area contributed by atoms with Gasteiger partial charge in [0.05, 0.1) is 16.9 Å². The lowest BCUT2D eigenvalue weighted by Crippen LogP contribution is -2.29. The summed E-state index contributed by atoms with van der Waals surface area (Å²) < 4.78 is 44.2. The zero-order valence-corrected chi connectivity index (χ0v) is 11.8. The number of rotatable bonds is 1. The van der Waals surface area contributed by atoms with Crippen LogP contribution >= 0.6 is 11.6 Å². The lowest BCUT2D eigenvalue weighted by molar-refractivity contribution is -0.137. The van der Waals surface area contributed by atoms with Crippen LogP contribution in [0.1, 0.15) is 5.56 Å². The van der Waals surface area contributed by atoms with Crippen molar-refractivity contribution in [3.63, 3.8) is 0 Å². The first-order chi connectivity index (χ1) is 10.4. The minimum atomic E-state index is -4.51. The van der Waals surface area contributed by atoms with Crippen LogP contribution in [0.15, 0.2) is 42.5 Å². The molecule has 0 saturated heterocycles. The van der Waals surface area contributed by atoms with E-state index in [1.54, 1.807) is 24.3 Å². The first-order valence-electron chi connectivity index (χ1n) is 6.29. The Morgan fingerprint density at radius 3 is 2.45 bits per heavy atom. The molecule has 1 amide bonds. The number of hydrogen-bond donors (Lipinski definition) is 0. The summed E-state index contributed by atoms with van der Waals surface area (Å²) in [6.07, 6.45) is -4.51. The van der Waals surface area contributed by atoms with Crippen molar-refractivity contribution in [2.75, 3.05) is 10.8 Å². The quantitative estimate of drug-likeness (QED) is 0.710. The third-order valence-electron chi connectivity index (χ3n) is 3.22. The minimum Gasteiger partial charge on any atom is -0.453 e. The third-order valence-corrected chi connectivity index (χ3v) is 3.45. The van der Waals surface area contributed by atoms with Gasteiger partial charge in [0.15, 0.2) is 11.5 Å². The average Bonchev–Trinajstić information content (AvgIpc) is 2.50. The van der Waals surface area contributed by atoms with E-state index in [-0.39, 0.29) is 17.3 Å². The Hall–Kier alpha value is -2.21. The topological polar surface area (TPSA) is 29.5 Å². The van der Waals surface area contributed by atoms with Gasteiger partial charge in [-0.15, -0.1) is 11.6 Å². The van der Waals surface area contributed by atoms with Gasteiger partial charge in [0.25, 0.3) is 0 Å². The third kappa shape index (κ3) is 2.39. The number of fused-ring (bicyclic) bond motifs is 2. The number of hydrogen-bond acceptors (Lipinski definition) is 2. The summed E-state index contributed by atoms with van der Waals surface area (Å²) in [7, 11) is 0. The van der Waals surface area contributed by atoms with Crippen molar-refractivity contribution in [2.45, 2.75) is 6.18 Å². The molecule has 2 aromatic carbocycles.